The lowest BCUT2D eigenvalue weighted by Crippen LogP contribution is -2.56. The number of carbonyl (C=O) groups is 2. The molecule has 27 heavy (non-hydrogen) atoms. The number of alkyl halides is 1. The van der Waals surface area contributed by atoms with Gasteiger partial charge < -0.3 is 10.1 Å². The van der Waals surface area contributed by atoms with Gasteiger partial charge in [-0.2, -0.15) is 0 Å². The van der Waals surface area contributed by atoms with Crippen LogP contribution in [0.2, 0.25) is 0 Å². The zero-order chi connectivity index (χ0) is 19.2. The number of amides is 1. The summed E-state index contributed by atoms with van der Waals surface area (Å²) in [6.45, 7) is 3.79. The van der Waals surface area contributed by atoms with Gasteiger partial charge in [-0.3, -0.25) is 9.59 Å². The normalized spacial score (nSPS) is 33.7. The molecule has 0 spiro atoms. The molecule has 4 nitrogen and oxygen atoms in total. The molecule has 0 heterocycles. The van der Waals surface area contributed by atoms with E-state index in [9.17, 15) is 9.59 Å². The molecule has 1 aromatic rings. The number of hydrogen-bond acceptors (Lipinski definition) is 3. The number of rotatable bonds is 5. The van der Waals surface area contributed by atoms with Crippen molar-refractivity contribution in [2.24, 2.45) is 17.3 Å². The van der Waals surface area contributed by atoms with Crippen molar-refractivity contribution >= 4 is 29.2 Å². The van der Waals surface area contributed by atoms with Crippen LogP contribution in [0, 0.1) is 24.2 Å². The number of nitrogens with one attached hydrogen (secondary N) is 1. The Balaban J connectivity index is 1.39. The molecule has 5 heteroatoms. The lowest BCUT2D eigenvalue weighted by atomic mass is 9.49. The molecule has 1 amide bonds. The zero-order valence-corrected chi connectivity index (χ0v) is 16.9. The van der Waals surface area contributed by atoms with E-state index in [2.05, 4.69) is 12.2 Å². The first-order valence-electron chi connectivity index (χ1n) is 10.1. The van der Waals surface area contributed by atoms with E-state index < -0.39 is 5.41 Å². The molecule has 0 aromatic heterocycles. The van der Waals surface area contributed by atoms with Gasteiger partial charge in [0.05, 0.1) is 5.41 Å². The summed E-state index contributed by atoms with van der Waals surface area (Å²) >= 11 is 6.80. The maximum atomic E-state index is 12.9. The van der Waals surface area contributed by atoms with E-state index >= 15 is 0 Å². The second-order valence-electron chi connectivity index (χ2n) is 8.98. The topological polar surface area (TPSA) is 55.4 Å². The van der Waals surface area contributed by atoms with E-state index in [1.807, 2.05) is 25.1 Å². The third kappa shape index (κ3) is 3.49. The predicted octanol–water partition coefficient (Wildman–Crippen LogP) is 4.62. The molecule has 2 atom stereocenters. The fourth-order valence-electron chi connectivity index (χ4n) is 6.05. The highest BCUT2D eigenvalue weighted by Crippen LogP contribution is 2.64. The van der Waals surface area contributed by atoms with Crippen LogP contribution in [0.1, 0.15) is 56.6 Å². The molecule has 4 bridgehead atoms. The number of carbonyl (C=O) groups excluding carboxylic acids is 2. The van der Waals surface area contributed by atoms with E-state index in [4.69, 9.17) is 16.3 Å². The van der Waals surface area contributed by atoms with Crippen molar-refractivity contribution in [3.05, 3.63) is 29.3 Å². The van der Waals surface area contributed by atoms with Crippen molar-refractivity contribution in [2.75, 3.05) is 11.9 Å². The first-order chi connectivity index (χ1) is 12.8. The van der Waals surface area contributed by atoms with Crippen molar-refractivity contribution in [3.8, 4) is 0 Å². The Morgan fingerprint density at radius 3 is 2.56 bits per heavy atom. The summed E-state index contributed by atoms with van der Waals surface area (Å²) in [5, 5.41) is 2.92. The molecule has 0 saturated heterocycles. The summed E-state index contributed by atoms with van der Waals surface area (Å²) in [7, 11) is 0. The largest absolute Gasteiger partial charge is 0.455 e. The fourth-order valence-corrected chi connectivity index (χ4v) is 6.74. The van der Waals surface area contributed by atoms with Crippen molar-refractivity contribution in [2.45, 2.75) is 63.7 Å². The minimum Gasteiger partial charge on any atom is -0.455 e. The summed E-state index contributed by atoms with van der Waals surface area (Å²) in [6, 6.07) is 5.96. The van der Waals surface area contributed by atoms with Crippen LogP contribution < -0.4 is 5.32 Å². The molecule has 0 radical (unpaired) electrons. The monoisotopic (exact) mass is 389 g/mol. The van der Waals surface area contributed by atoms with E-state index in [0.29, 0.717) is 18.3 Å². The van der Waals surface area contributed by atoms with Crippen LogP contribution in [0.25, 0.3) is 0 Å². The number of aryl methyl sites for hydroxylation is 2. The third-order valence-electron chi connectivity index (χ3n) is 6.76. The van der Waals surface area contributed by atoms with E-state index in [1.54, 1.807) is 0 Å². The molecule has 4 aliphatic carbocycles. The molecule has 2 unspecified atom stereocenters. The van der Waals surface area contributed by atoms with Gasteiger partial charge in [0, 0.05) is 10.6 Å². The Morgan fingerprint density at radius 1 is 1.22 bits per heavy atom. The number of esters is 1. The van der Waals surface area contributed by atoms with Crippen LogP contribution in [0.3, 0.4) is 0 Å². The number of halogens is 1. The lowest BCUT2D eigenvalue weighted by molar-refractivity contribution is -0.171. The van der Waals surface area contributed by atoms with Crippen LogP contribution in [0.5, 0.6) is 0 Å². The van der Waals surface area contributed by atoms with Crippen molar-refractivity contribution in [3.63, 3.8) is 0 Å². The summed E-state index contributed by atoms with van der Waals surface area (Å²) < 4.78 is 5.51. The first kappa shape index (κ1) is 18.8. The van der Waals surface area contributed by atoms with Gasteiger partial charge in [-0.15, -0.1) is 11.6 Å². The highest BCUT2D eigenvalue weighted by Gasteiger charge is 2.60. The number of ether oxygens (including phenoxy) is 1. The highest BCUT2D eigenvalue weighted by atomic mass is 35.5. The van der Waals surface area contributed by atoms with Gasteiger partial charge in [-0.1, -0.05) is 25.1 Å². The molecule has 4 saturated carbocycles. The van der Waals surface area contributed by atoms with E-state index in [-0.39, 0.29) is 23.4 Å². The maximum Gasteiger partial charge on any atom is 0.312 e. The molecule has 146 valence electrons. The lowest BCUT2D eigenvalue weighted by Gasteiger charge is -2.58. The van der Waals surface area contributed by atoms with Crippen LogP contribution in [0.4, 0.5) is 5.69 Å². The van der Waals surface area contributed by atoms with Gasteiger partial charge in [0.2, 0.25) is 0 Å². The Morgan fingerprint density at radius 2 is 1.93 bits per heavy atom. The summed E-state index contributed by atoms with van der Waals surface area (Å²) in [5.74, 6) is 0.559. The molecular formula is C22H28ClNO3. The Kier molecular flexibility index (Phi) is 4.74. The Labute approximate surface area is 166 Å². The SMILES string of the molecule is CCc1cccc(C)c1NC(=O)COC(=O)C12CC3CC(CC(Cl)(C3)C1)C2. The molecule has 5 rings (SSSR count). The van der Waals surface area contributed by atoms with Gasteiger partial charge in [0.15, 0.2) is 6.61 Å². The number of benzene rings is 1. The quantitative estimate of drug-likeness (QED) is 0.590. The second kappa shape index (κ2) is 6.80. The van der Waals surface area contributed by atoms with Gasteiger partial charge in [0.1, 0.15) is 0 Å². The molecule has 4 aliphatic rings. The molecule has 0 aliphatic heterocycles. The number of hydrogen-bond donors (Lipinski definition) is 1. The van der Waals surface area contributed by atoms with Crippen LogP contribution in [-0.4, -0.2) is 23.4 Å². The summed E-state index contributed by atoms with van der Waals surface area (Å²) in [5.41, 5.74) is 2.46. The molecule has 1 N–H and O–H groups in total. The fraction of sp³-hybridized carbons (Fsp3) is 0.636. The minimum absolute atomic E-state index is 0.225. The standard InChI is InChI=1S/C22H28ClNO3/c1-3-17-6-4-5-14(2)19(17)24-18(25)12-27-20(26)21-8-15-7-16(9-21)11-22(23,10-15)13-21/h4-6,15-16H,3,7-13H2,1-2H3,(H,24,25). The molecular weight excluding hydrogens is 362 g/mol. The van der Waals surface area contributed by atoms with Crippen LogP contribution in [0.15, 0.2) is 18.2 Å². The summed E-state index contributed by atoms with van der Waals surface area (Å²) in [4.78, 5) is 25.1. The highest BCUT2D eigenvalue weighted by molar-refractivity contribution is 6.24. The van der Waals surface area contributed by atoms with Gasteiger partial charge in [0.25, 0.3) is 5.91 Å². The molecule has 4 fully saturated rings. The summed E-state index contributed by atoms with van der Waals surface area (Å²) in [6.07, 6.45) is 6.51. The van der Waals surface area contributed by atoms with Crippen LogP contribution >= 0.6 is 11.6 Å². The average molecular weight is 390 g/mol. The van der Waals surface area contributed by atoms with E-state index in [0.717, 1.165) is 48.9 Å². The first-order valence-corrected chi connectivity index (χ1v) is 10.4. The van der Waals surface area contributed by atoms with Gasteiger partial charge in [-0.05, 0) is 74.8 Å². The molecule has 1 aromatic carbocycles. The smallest absolute Gasteiger partial charge is 0.312 e. The Bertz CT molecular complexity index is 761. The van der Waals surface area contributed by atoms with E-state index in [1.165, 1.54) is 6.42 Å². The Hall–Kier alpha value is -1.55. The average Bonchev–Trinajstić information content (AvgIpc) is 2.59. The maximum absolute atomic E-state index is 12.9. The van der Waals surface area contributed by atoms with Crippen molar-refractivity contribution in [1.29, 1.82) is 0 Å². The van der Waals surface area contributed by atoms with Crippen LogP contribution in [-0.2, 0) is 20.7 Å². The zero-order valence-electron chi connectivity index (χ0n) is 16.1. The predicted molar refractivity (Wildman–Crippen MR) is 106 cm³/mol. The van der Waals surface area contributed by atoms with Gasteiger partial charge >= 0.3 is 5.97 Å². The number of anilines is 1. The van der Waals surface area contributed by atoms with Crippen molar-refractivity contribution < 1.29 is 14.3 Å². The number of para-hydroxylation sites is 1. The van der Waals surface area contributed by atoms with Crippen molar-refractivity contribution in [1.82, 2.24) is 0 Å². The minimum atomic E-state index is -0.469. The van der Waals surface area contributed by atoms with Gasteiger partial charge in [-0.25, -0.2) is 0 Å². The third-order valence-corrected chi connectivity index (χ3v) is 7.20. The second-order valence-corrected chi connectivity index (χ2v) is 9.78.